The largest absolute Gasteiger partial charge is 0.285 e. The number of aromatic nitrogens is 3. The third-order valence-electron chi connectivity index (χ3n) is 3.27. The Morgan fingerprint density at radius 2 is 2.00 bits per heavy atom. The average Bonchev–Trinajstić information content (AvgIpc) is 2.93. The summed E-state index contributed by atoms with van der Waals surface area (Å²) in [7, 11) is 0. The summed E-state index contributed by atoms with van der Waals surface area (Å²) in [6.45, 7) is 3.91. The van der Waals surface area contributed by atoms with E-state index in [1.807, 2.05) is 37.4 Å². The van der Waals surface area contributed by atoms with E-state index in [0.29, 0.717) is 0 Å². The van der Waals surface area contributed by atoms with Crippen LogP contribution in [-0.2, 0) is 0 Å². The molecule has 0 saturated heterocycles. The van der Waals surface area contributed by atoms with Crippen molar-refractivity contribution < 1.29 is 0 Å². The predicted molar refractivity (Wildman–Crippen MR) is 76.7 cm³/mol. The SMILES string of the molecule is Cc1nn(C(C)c2ccncc2)c(=O)c2sccc12. The van der Waals surface area contributed by atoms with Gasteiger partial charge in [0.2, 0.25) is 0 Å². The molecule has 0 aliphatic rings. The Morgan fingerprint density at radius 1 is 1.26 bits per heavy atom. The Hall–Kier alpha value is -2.01. The number of aryl methyl sites for hydroxylation is 1. The van der Waals surface area contributed by atoms with E-state index in [9.17, 15) is 4.79 Å². The van der Waals surface area contributed by atoms with Crippen molar-refractivity contribution >= 4 is 21.4 Å². The van der Waals surface area contributed by atoms with Crippen LogP contribution in [0.2, 0.25) is 0 Å². The summed E-state index contributed by atoms with van der Waals surface area (Å²) < 4.78 is 2.33. The van der Waals surface area contributed by atoms with Gasteiger partial charge in [-0.2, -0.15) is 5.10 Å². The van der Waals surface area contributed by atoms with Gasteiger partial charge in [0.15, 0.2) is 0 Å². The fourth-order valence-corrected chi connectivity index (χ4v) is 3.05. The van der Waals surface area contributed by atoms with Gasteiger partial charge in [-0.25, -0.2) is 4.68 Å². The minimum absolute atomic E-state index is 0.0279. The molecule has 5 heteroatoms. The minimum atomic E-state index is -0.0966. The van der Waals surface area contributed by atoms with Gasteiger partial charge in [0.1, 0.15) is 4.70 Å². The van der Waals surface area contributed by atoms with Gasteiger partial charge in [-0.15, -0.1) is 11.3 Å². The van der Waals surface area contributed by atoms with E-state index in [4.69, 9.17) is 0 Å². The average molecular weight is 271 g/mol. The van der Waals surface area contributed by atoms with Crippen LogP contribution in [0.15, 0.2) is 40.8 Å². The van der Waals surface area contributed by atoms with Crippen molar-refractivity contribution in [2.45, 2.75) is 19.9 Å². The van der Waals surface area contributed by atoms with Crippen LogP contribution in [0.4, 0.5) is 0 Å². The number of hydrogen-bond acceptors (Lipinski definition) is 4. The molecule has 3 aromatic heterocycles. The van der Waals surface area contributed by atoms with Crippen LogP contribution in [0, 0.1) is 6.92 Å². The van der Waals surface area contributed by atoms with Crippen LogP contribution in [0.1, 0.15) is 24.2 Å². The highest BCUT2D eigenvalue weighted by Crippen LogP contribution is 2.21. The number of rotatable bonds is 2. The second-order valence-corrected chi connectivity index (χ2v) is 5.37. The summed E-state index contributed by atoms with van der Waals surface area (Å²) in [4.78, 5) is 16.4. The highest BCUT2D eigenvalue weighted by molar-refractivity contribution is 7.17. The molecule has 3 heterocycles. The van der Waals surface area contributed by atoms with Gasteiger partial charge in [-0.1, -0.05) is 0 Å². The lowest BCUT2D eigenvalue weighted by Crippen LogP contribution is -2.26. The smallest absolute Gasteiger partial charge is 0.266 e. The lowest BCUT2D eigenvalue weighted by molar-refractivity contribution is 0.532. The molecule has 4 nitrogen and oxygen atoms in total. The van der Waals surface area contributed by atoms with E-state index >= 15 is 0 Å². The van der Waals surface area contributed by atoms with Gasteiger partial charge in [0.25, 0.3) is 5.56 Å². The van der Waals surface area contributed by atoms with Crippen molar-refractivity contribution in [2.24, 2.45) is 0 Å². The molecule has 0 radical (unpaired) electrons. The highest BCUT2D eigenvalue weighted by Gasteiger charge is 2.15. The molecule has 0 saturated carbocycles. The number of hydrogen-bond donors (Lipinski definition) is 0. The summed E-state index contributed by atoms with van der Waals surface area (Å²) in [6.07, 6.45) is 3.46. The van der Waals surface area contributed by atoms with Crippen LogP contribution >= 0.6 is 11.3 Å². The summed E-state index contributed by atoms with van der Waals surface area (Å²) in [5, 5.41) is 7.32. The van der Waals surface area contributed by atoms with E-state index in [2.05, 4.69) is 10.1 Å². The topological polar surface area (TPSA) is 47.8 Å². The maximum Gasteiger partial charge on any atom is 0.285 e. The third-order valence-corrected chi connectivity index (χ3v) is 4.17. The van der Waals surface area contributed by atoms with Crippen molar-refractivity contribution in [3.63, 3.8) is 0 Å². The number of thiophene rings is 1. The van der Waals surface area contributed by atoms with E-state index in [1.54, 1.807) is 17.1 Å². The van der Waals surface area contributed by atoms with Crippen LogP contribution in [0.5, 0.6) is 0 Å². The van der Waals surface area contributed by atoms with E-state index in [-0.39, 0.29) is 11.6 Å². The zero-order valence-electron chi connectivity index (χ0n) is 10.7. The Morgan fingerprint density at radius 3 is 2.74 bits per heavy atom. The first-order valence-corrected chi connectivity index (χ1v) is 6.93. The van der Waals surface area contributed by atoms with E-state index in [1.165, 1.54) is 11.3 Å². The standard InChI is InChI=1S/C14H13N3OS/c1-9-12-5-8-19-13(12)14(18)17(16-9)10(2)11-3-6-15-7-4-11/h3-8,10H,1-2H3. The lowest BCUT2D eigenvalue weighted by atomic mass is 10.1. The molecule has 3 rings (SSSR count). The Kier molecular flexibility index (Phi) is 2.91. The first kappa shape index (κ1) is 12.0. The quantitative estimate of drug-likeness (QED) is 0.720. The number of nitrogens with zero attached hydrogens (tertiary/aromatic N) is 3. The normalized spacial score (nSPS) is 12.7. The van der Waals surface area contributed by atoms with Gasteiger partial charge in [-0.3, -0.25) is 9.78 Å². The maximum atomic E-state index is 12.5. The summed E-state index contributed by atoms with van der Waals surface area (Å²) in [5.74, 6) is 0. The van der Waals surface area contributed by atoms with Crippen LogP contribution < -0.4 is 5.56 Å². The second kappa shape index (κ2) is 4.59. The molecule has 3 aromatic rings. The zero-order valence-corrected chi connectivity index (χ0v) is 11.5. The van der Waals surface area contributed by atoms with Gasteiger partial charge < -0.3 is 0 Å². The number of fused-ring (bicyclic) bond motifs is 1. The molecule has 0 aromatic carbocycles. The van der Waals surface area contributed by atoms with Crippen LogP contribution in [0.25, 0.3) is 10.1 Å². The molecule has 0 aliphatic heterocycles. The molecule has 0 spiro atoms. The molecule has 0 aliphatic carbocycles. The first-order chi connectivity index (χ1) is 9.18. The van der Waals surface area contributed by atoms with Crippen molar-refractivity contribution in [1.82, 2.24) is 14.8 Å². The van der Waals surface area contributed by atoms with Crippen LogP contribution in [0.3, 0.4) is 0 Å². The summed E-state index contributed by atoms with van der Waals surface area (Å²) in [5.41, 5.74) is 1.89. The summed E-state index contributed by atoms with van der Waals surface area (Å²) in [6, 6.07) is 5.67. The van der Waals surface area contributed by atoms with Gasteiger partial charge in [-0.05, 0) is 43.0 Å². The van der Waals surface area contributed by atoms with Crippen molar-refractivity contribution in [2.75, 3.05) is 0 Å². The Labute approximate surface area is 114 Å². The molecule has 0 fully saturated rings. The van der Waals surface area contributed by atoms with E-state index < -0.39 is 0 Å². The summed E-state index contributed by atoms with van der Waals surface area (Å²) >= 11 is 1.47. The fourth-order valence-electron chi connectivity index (χ4n) is 2.17. The highest BCUT2D eigenvalue weighted by atomic mass is 32.1. The molecule has 96 valence electrons. The first-order valence-electron chi connectivity index (χ1n) is 6.05. The molecule has 1 atom stereocenters. The molecular weight excluding hydrogens is 258 g/mol. The third kappa shape index (κ3) is 1.96. The fraction of sp³-hybridized carbons (Fsp3) is 0.214. The zero-order chi connectivity index (χ0) is 13.4. The molecule has 19 heavy (non-hydrogen) atoms. The van der Waals surface area contributed by atoms with Crippen molar-refractivity contribution in [3.8, 4) is 0 Å². The van der Waals surface area contributed by atoms with Gasteiger partial charge >= 0.3 is 0 Å². The second-order valence-electron chi connectivity index (χ2n) is 4.46. The maximum absolute atomic E-state index is 12.5. The lowest BCUT2D eigenvalue weighted by Gasteiger charge is -2.14. The van der Waals surface area contributed by atoms with Crippen molar-refractivity contribution in [1.29, 1.82) is 0 Å². The monoisotopic (exact) mass is 271 g/mol. The van der Waals surface area contributed by atoms with Gasteiger partial charge in [0, 0.05) is 17.8 Å². The molecule has 0 N–H and O–H groups in total. The van der Waals surface area contributed by atoms with Crippen LogP contribution in [-0.4, -0.2) is 14.8 Å². The molecule has 1 unspecified atom stereocenters. The van der Waals surface area contributed by atoms with E-state index in [0.717, 1.165) is 21.3 Å². The van der Waals surface area contributed by atoms with Gasteiger partial charge in [0.05, 0.1) is 11.7 Å². The molecule has 0 amide bonds. The Balaban J connectivity index is 2.21. The number of pyridine rings is 1. The predicted octanol–water partition coefficient (Wildman–Crippen LogP) is 2.77. The molecule has 0 bridgehead atoms. The van der Waals surface area contributed by atoms with Crippen molar-refractivity contribution in [3.05, 3.63) is 57.6 Å². The minimum Gasteiger partial charge on any atom is -0.266 e. The molecular formula is C14H13N3OS. The Bertz CT molecular complexity index is 776.